The molecule has 1 fully saturated rings. The number of carbonyl (C=O) groups is 1. The van der Waals surface area contributed by atoms with E-state index in [1.54, 1.807) is 30.5 Å². The molecule has 1 saturated heterocycles. The molecule has 0 saturated carbocycles. The molecule has 142 valence electrons. The van der Waals surface area contributed by atoms with E-state index in [1.165, 1.54) is 12.1 Å². The first-order valence-electron chi connectivity index (χ1n) is 9.25. The molecule has 0 unspecified atom stereocenters. The number of rotatable bonds is 4. The van der Waals surface area contributed by atoms with Crippen LogP contribution in [0.5, 0.6) is 0 Å². The summed E-state index contributed by atoms with van der Waals surface area (Å²) in [5.74, 6) is 0.353. The third-order valence-corrected chi connectivity index (χ3v) is 4.82. The Morgan fingerprint density at radius 3 is 2.57 bits per heavy atom. The summed E-state index contributed by atoms with van der Waals surface area (Å²) >= 11 is 0. The highest BCUT2D eigenvalue weighted by atomic mass is 19.1. The molecule has 6 nitrogen and oxygen atoms in total. The van der Waals surface area contributed by atoms with Crippen LogP contribution in [0.4, 0.5) is 10.2 Å². The van der Waals surface area contributed by atoms with Crippen molar-refractivity contribution in [1.82, 2.24) is 20.5 Å². The summed E-state index contributed by atoms with van der Waals surface area (Å²) in [5.41, 5.74) is 1.78. The van der Waals surface area contributed by atoms with Crippen molar-refractivity contribution in [3.05, 3.63) is 72.3 Å². The molecule has 0 bridgehead atoms. The number of aromatic nitrogens is 3. The standard InChI is InChI=1S/C21H20FN5O/c22-16-5-3-4-15(14-16)18-7-8-20(26-25-18)27-12-9-17(10-13-27)24-21(28)19-6-1-2-11-23-19/h1-8,11,14,17H,9-10,12-13H2,(H,24,28). The molecule has 2 aromatic heterocycles. The molecular formula is C21H20FN5O. The normalized spacial score (nSPS) is 14.7. The van der Waals surface area contributed by atoms with Crippen molar-refractivity contribution in [3.8, 4) is 11.3 Å². The predicted octanol–water partition coefficient (Wildman–Crippen LogP) is 3.08. The lowest BCUT2D eigenvalue weighted by Crippen LogP contribution is -2.45. The van der Waals surface area contributed by atoms with Crippen LogP contribution in [0.15, 0.2) is 60.8 Å². The zero-order chi connectivity index (χ0) is 19.3. The number of nitrogens with one attached hydrogen (secondary N) is 1. The number of amides is 1. The monoisotopic (exact) mass is 377 g/mol. The Kier molecular flexibility index (Phi) is 5.23. The summed E-state index contributed by atoms with van der Waals surface area (Å²) in [6, 6.07) is 15.5. The van der Waals surface area contributed by atoms with Crippen molar-refractivity contribution in [1.29, 1.82) is 0 Å². The quantitative estimate of drug-likeness (QED) is 0.757. The minimum Gasteiger partial charge on any atom is -0.355 e. The van der Waals surface area contributed by atoms with Gasteiger partial charge in [-0.1, -0.05) is 18.2 Å². The van der Waals surface area contributed by atoms with Crippen LogP contribution in [0.2, 0.25) is 0 Å². The molecule has 1 aliphatic heterocycles. The van der Waals surface area contributed by atoms with Crippen LogP contribution in [-0.2, 0) is 0 Å². The van der Waals surface area contributed by atoms with Crippen LogP contribution in [0, 0.1) is 5.82 Å². The van der Waals surface area contributed by atoms with E-state index in [-0.39, 0.29) is 17.8 Å². The van der Waals surface area contributed by atoms with E-state index < -0.39 is 0 Å². The first-order valence-corrected chi connectivity index (χ1v) is 9.25. The van der Waals surface area contributed by atoms with E-state index in [2.05, 4.69) is 25.4 Å². The Bertz CT molecular complexity index is 941. The van der Waals surface area contributed by atoms with Crippen molar-refractivity contribution in [3.63, 3.8) is 0 Å². The number of anilines is 1. The summed E-state index contributed by atoms with van der Waals surface area (Å²) in [7, 11) is 0. The van der Waals surface area contributed by atoms with Crippen molar-refractivity contribution in [2.24, 2.45) is 0 Å². The molecule has 7 heteroatoms. The second-order valence-electron chi connectivity index (χ2n) is 6.74. The van der Waals surface area contributed by atoms with Gasteiger partial charge in [0.05, 0.1) is 5.69 Å². The fourth-order valence-corrected chi connectivity index (χ4v) is 3.30. The van der Waals surface area contributed by atoms with Gasteiger partial charge in [-0.15, -0.1) is 10.2 Å². The molecule has 0 radical (unpaired) electrons. The Labute approximate surface area is 162 Å². The Morgan fingerprint density at radius 2 is 1.89 bits per heavy atom. The maximum Gasteiger partial charge on any atom is 0.270 e. The van der Waals surface area contributed by atoms with E-state index in [9.17, 15) is 9.18 Å². The van der Waals surface area contributed by atoms with Crippen LogP contribution < -0.4 is 10.2 Å². The molecule has 28 heavy (non-hydrogen) atoms. The van der Waals surface area contributed by atoms with Gasteiger partial charge in [0, 0.05) is 30.9 Å². The zero-order valence-corrected chi connectivity index (χ0v) is 15.3. The van der Waals surface area contributed by atoms with Crippen molar-refractivity contribution >= 4 is 11.7 Å². The molecule has 1 aliphatic rings. The number of hydrogen-bond donors (Lipinski definition) is 1. The first-order chi connectivity index (χ1) is 13.7. The summed E-state index contributed by atoms with van der Waals surface area (Å²) in [6.45, 7) is 1.56. The molecular weight excluding hydrogens is 357 g/mol. The second-order valence-corrected chi connectivity index (χ2v) is 6.74. The number of nitrogens with zero attached hydrogens (tertiary/aromatic N) is 4. The molecule has 0 aliphatic carbocycles. The molecule has 4 rings (SSSR count). The topological polar surface area (TPSA) is 71.0 Å². The largest absolute Gasteiger partial charge is 0.355 e. The lowest BCUT2D eigenvalue weighted by molar-refractivity contribution is 0.0926. The number of hydrogen-bond acceptors (Lipinski definition) is 5. The summed E-state index contributed by atoms with van der Waals surface area (Å²) < 4.78 is 13.4. The number of carbonyl (C=O) groups excluding carboxylic acids is 1. The minimum absolute atomic E-state index is 0.116. The van der Waals surface area contributed by atoms with Gasteiger partial charge in [0.1, 0.15) is 11.5 Å². The summed E-state index contributed by atoms with van der Waals surface area (Å²) in [6.07, 6.45) is 3.27. The molecule has 0 spiro atoms. The van der Waals surface area contributed by atoms with Crippen LogP contribution in [0.25, 0.3) is 11.3 Å². The van der Waals surface area contributed by atoms with Gasteiger partial charge in [0.2, 0.25) is 0 Å². The van der Waals surface area contributed by atoms with Crippen molar-refractivity contribution in [2.45, 2.75) is 18.9 Å². The third-order valence-electron chi connectivity index (χ3n) is 4.82. The van der Waals surface area contributed by atoms with Gasteiger partial charge in [-0.2, -0.15) is 0 Å². The van der Waals surface area contributed by atoms with Gasteiger partial charge >= 0.3 is 0 Å². The van der Waals surface area contributed by atoms with Gasteiger partial charge in [-0.05, 0) is 49.2 Å². The van der Waals surface area contributed by atoms with Gasteiger partial charge in [-0.3, -0.25) is 9.78 Å². The fraction of sp³-hybridized carbons (Fsp3) is 0.238. The molecule has 3 aromatic rings. The van der Waals surface area contributed by atoms with Crippen molar-refractivity contribution in [2.75, 3.05) is 18.0 Å². The van der Waals surface area contributed by atoms with E-state index in [0.29, 0.717) is 17.0 Å². The average Bonchev–Trinajstić information content (AvgIpc) is 2.75. The number of piperidine rings is 1. The van der Waals surface area contributed by atoms with Crippen LogP contribution in [0.3, 0.4) is 0 Å². The van der Waals surface area contributed by atoms with E-state index in [4.69, 9.17) is 0 Å². The average molecular weight is 377 g/mol. The van der Waals surface area contributed by atoms with Gasteiger partial charge < -0.3 is 10.2 Å². The second kappa shape index (κ2) is 8.12. The lowest BCUT2D eigenvalue weighted by atomic mass is 10.0. The number of benzene rings is 1. The maximum absolute atomic E-state index is 13.4. The molecule has 1 aromatic carbocycles. The van der Waals surface area contributed by atoms with Crippen LogP contribution >= 0.6 is 0 Å². The summed E-state index contributed by atoms with van der Waals surface area (Å²) in [5, 5.41) is 11.6. The SMILES string of the molecule is O=C(NC1CCN(c2ccc(-c3cccc(F)c3)nn2)CC1)c1ccccn1. The highest BCUT2D eigenvalue weighted by Crippen LogP contribution is 2.21. The van der Waals surface area contributed by atoms with Gasteiger partial charge in [0.15, 0.2) is 5.82 Å². The Morgan fingerprint density at radius 1 is 1.04 bits per heavy atom. The van der Waals surface area contributed by atoms with E-state index in [1.807, 2.05) is 18.2 Å². The molecule has 1 amide bonds. The lowest BCUT2D eigenvalue weighted by Gasteiger charge is -2.32. The molecule has 0 atom stereocenters. The van der Waals surface area contributed by atoms with E-state index in [0.717, 1.165) is 31.7 Å². The maximum atomic E-state index is 13.4. The third kappa shape index (κ3) is 4.14. The van der Waals surface area contributed by atoms with Gasteiger partial charge in [-0.25, -0.2) is 4.39 Å². The fourth-order valence-electron chi connectivity index (χ4n) is 3.30. The molecule has 3 heterocycles. The first kappa shape index (κ1) is 18.0. The summed E-state index contributed by atoms with van der Waals surface area (Å²) in [4.78, 5) is 18.5. The smallest absolute Gasteiger partial charge is 0.270 e. The Balaban J connectivity index is 1.34. The zero-order valence-electron chi connectivity index (χ0n) is 15.3. The highest BCUT2D eigenvalue weighted by Gasteiger charge is 2.22. The van der Waals surface area contributed by atoms with Gasteiger partial charge in [0.25, 0.3) is 5.91 Å². The number of halogens is 1. The predicted molar refractivity (Wildman–Crippen MR) is 104 cm³/mol. The van der Waals surface area contributed by atoms with Crippen LogP contribution in [0.1, 0.15) is 23.3 Å². The molecule has 1 N–H and O–H groups in total. The van der Waals surface area contributed by atoms with E-state index >= 15 is 0 Å². The number of pyridine rings is 1. The highest BCUT2D eigenvalue weighted by molar-refractivity contribution is 5.92. The van der Waals surface area contributed by atoms with Crippen LogP contribution in [-0.4, -0.2) is 40.2 Å². The minimum atomic E-state index is -0.293. The Hall–Kier alpha value is -3.35. The van der Waals surface area contributed by atoms with Crippen molar-refractivity contribution < 1.29 is 9.18 Å².